The zero-order valence-electron chi connectivity index (χ0n) is 12.0. The minimum Gasteiger partial charge on any atom is -0.399 e. The number of benzene rings is 1. The average Bonchev–Trinajstić information content (AvgIpc) is 2.82. The molecule has 3 heteroatoms. The molecule has 1 amide bonds. The molecule has 1 aromatic rings. The molecular weight excluding hydrogens is 248 g/mol. The van der Waals surface area contributed by atoms with Gasteiger partial charge in [-0.15, -0.1) is 0 Å². The van der Waals surface area contributed by atoms with Gasteiger partial charge >= 0.3 is 0 Å². The fourth-order valence-electron chi connectivity index (χ4n) is 3.69. The number of aryl methyl sites for hydroxylation is 1. The van der Waals surface area contributed by atoms with Crippen molar-refractivity contribution in [2.24, 2.45) is 5.92 Å². The van der Waals surface area contributed by atoms with Crippen molar-refractivity contribution in [2.45, 2.75) is 57.4 Å². The fourth-order valence-corrected chi connectivity index (χ4v) is 3.69. The molecule has 3 rings (SSSR count). The van der Waals surface area contributed by atoms with Gasteiger partial charge in [-0.2, -0.15) is 0 Å². The standard InChI is InChI=1S/C17H24N2O/c18-14-7-8-15-13(11-14)6-9-16(15)19-17(20)10-12-4-2-1-3-5-12/h7-8,11-12,16H,1-6,9-10,18H2,(H,19,20). The summed E-state index contributed by atoms with van der Waals surface area (Å²) in [7, 11) is 0. The first kappa shape index (κ1) is 13.5. The van der Waals surface area contributed by atoms with Gasteiger partial charge in [0.05, 0.1) is 6.04 Å². The first-order valence-corrected chi connectivity index (χ1v) is 7.90. The quantitative estimate of drug-likeness (QED) is 0.829. The van der Waals surface area contributed by atoms with E-state index in [1.54, 1.807) is 0 Å². The van der Waals surface area contributed by atoms with Crippen molar-refractivity contribution in [2.75, 3.05) is 5.73 Å². The zero-order chi connectivity index (χ0) is 13.9. The molecule has 0 spiro atoms. The minimum absolute atomic E-state index is 0.196. The monoisotopic (exact) mass is 272 g/mol. The van der Waals surface area contributed by atoms with Crippen LogP contribution in [0.2, 0.25) is 0 Å². The highest BCUT2D eigenvalue weighted by atomic mass is 16.1. The summed E-state index contributed by atoms with van der Waals surface area (Å²) in [6.07, 6.45) is 9.13. The van der Waals surface area contributed by atoms with Crippen LogP contribution in [0, 0.1) is 5.92 Å². The molecule has 1 aromatic carbocycles. The fraction of sp³-hybridized carbons (Fsp3) is 0.588. The van der Waals surface area contributed by atoms with Crippen LogP contribution in [-0.4, -0.2) is 5.91 Å². The summed E-state index contributed by atoms with van der Waals surface area (Å²) in [4.78, 5) is 12.2. The van der Waals surface area contributed by atoms with Gasteiger partial charge < -0.3 is 11.1 Å². The molecule has 1 fully saturated rings. The Bertz CT molecular complexity index is 492. The van der Waals surface area contributed by atoms with Crippen LogP contribution in [0.4, 0.5) is 5.69 Å². The molecule has 1 unspecified atom stereocenters. The predicted molar refractivity (Wildman–Crippen MR) is 81.3 cm³/mol. The van der Waals surface area contributed by atoms with Crippen molar-refractivity contribution < 1.29 is 4.79 Å². The summed E-state index contributed by atoms with van der Waals surface area (Å²) in [5.74, 6) is 0.836. The topological polar surface area (TPSA) is 55.1 Å². The smallest absolute Gasteiger partial charge is 0.220 e. The van der Waals surface area contributed by atoms with Gasteiger partial charge in [-0.1, -0.05) is 25.3 Å². The predicted octanol–water partition coefficient (Wildman–Crippen LogP) is 3.34. The number of nitrogens with two attached hydrogens (primary N) is 1. The van der Waals surface area contributed by atoms with Gasteiger partial charge in [0.15, 0.2) is 0 Å². The third-order valence-corrected chi connectivity index (χ3v) is 4.78. The van der Waals surface area contributed by atoms with Crippen LogP contribution in [0.1, 0.15) is 62.1 Å². The summed E-state index contributed by atoms with van der Waals surface area (Å²) < 4.78 is 0. The maximum absolute atomic E-state index is 12.2. The van der Waals surface area contributed by atoms with Crippen molar-refractivity contribution in [3.05, 3.63) is 29.3 Å². The lowest BCUT2D eigenvalue weighted by Gasteiger charge is -2.22. The number of carbonyl (C=O) groups is 1. The number of hydrogen-bond acceptors (Lipinski definition) is 2. The van der Waals surface area contributed by atoms with Crippen LogP contribution in [0.5, 0.6) is 0 Å². The lowest BCUT2D eigenvalue weighted by Crippen LogP contribution is -2.29. The van der Waals surface area contributed by atoms with E-state index in [-0.39, 0.29) is 11.9 Å². The van der Waals surface area contributed by atoms with E-state index >= 15 is 0 Å². The molecule has 0 radical (unpaired) electrons. The lowest BCUT2D eigenvalue weighted by atomic mass is 9.87. The van der Waals surface area contributed by atoms with Gasteiger partial charge in [0, 0.05) is 12.1 Å². The normalized spacial score (nSPS) is 22.5. The molecule has 0 aliphatic heterocycles. The highest BCUT2D eigenvalue weighted by molar-refractivity contribution is 5.77. The van der Waals surface area contributed by atoms with Crippen molar-refractivity contribution in [3.63, 3.8) is 0 Å². The first-order valence-electron chi connectivity index (χ1n) is 7.90. The maximum Gasteiger partial charge on any atom is 0.220 e. The second-order valence-electron chi connectivity index (χ2n) is 6.33. The number of nitrogen functional groups attached to an aromatic ring is 1. The number of carbonyl (C=O) groups excluding carboxylic acids is 1. The van der Waals surface area contributed by atoms with E-state index in [4.69, 9.17) is 5.73 Å². The summed E-state index contributed by atoms with van der Waals surface area (Å²) in [6.45, 7) is 0. The van der Waals surface area contributed by atoms with Crippen LogP contribution in [0.3, 0.4) is 0 Å². The Morgan fingerprint density at radius 1 is 1.20 bits per heavy atom. The van der Waals surface area contributed by atoms with Crippen molar-refractivity contribution in [1.82, 2.24) is 5.32 Å². The van der Waals surface area contributed by atoms with E-state index in [1.165, 1.54) is 43.2 Å². The third-order valence-electron chi connectivity index (χ3n) is 4.78. The van der Waals surface area contributed by atoms with Crippen molar-refractivity contribution in [3.8, 4) is 0 Å². The lowest BCUT2D eigenvalue weighted by molar-refractivity contribution is -0.123. The SMILES string of the molecule is Nc1ccc2c(c1)CCC2NC(=O)CC1CCCCC1. The third kappa shape index (κ3) is 2.97. The highest BCUT2D eigenvalue weighted by Gasteiger charge is 2.25. The van der Waals surface area contributed by atoms with Gasteiger partial charge in [0.2, 0.25) is 5.91 Å². The first-order chi connectivity index (χ1) is 9.72. The Kier molecular flexibility index (Phi) is 3.95. The number of nitrogens with one attached hydrogen (secondary N) is 1. The molecular formula is C17H24N2O. The Morgan fingerprint density at radius 2 is 2.00 bits per heavy atom. The summed E-state index contributed by atoms with van der Waals surface area (Å²) in [5, 5.41) is 3.22. The molecule has 2 aliphatic carbocycles. The Hall–Kier alpha value is -1.51. The molecule has 20 heavy (non-hydrogen) atoms. The van der Waals surface area contributed by atoms with Crippen LogP contribution < -0.4 is 11.1 Å². The molecule has 0 heterocycles. The van der Waals surface area contributed by atoms with Crippen LogP contribution in [0.25, 0.3) is 0 Å². The van der Waals surface area contributed by atoms with Gasteiger partial charge in [-0.3, -0.25) is 4.79 Å². The Balaban J connectivity index is 1.58. The summed E-state index contributed by atoms with van der Waals surface area (Å²) >= 11 is 0. The van der Waals surface area contributed by atoms with E-state index in [0.717, 1.165) is 18.5 Å². The van der Waals surface area contributed by atoms with E-state index in [2.05, 4.69) is 11.4 Å². The summed E-state index contributed by atoms with van der Waals surface area (Å²) in [5.41, 5.74) is 9.19. The Labute approximate surface area is 120 Å². The molecule has 0 bridgehead atoms. The maximum atomic E-state index is 12.2. The molecule has 3 nitrogen and oxygen atoms in total. The largest absolute Gasteiger partial charge is 0.399 e. The molecule has 2 aliphatic rings. The molecule has 0 aromatic heterocycles. The Morgan fingerprint density at radius 3 is 2.80 bits per heavy atom. The van der Waals surface area contributed by atoms with E-state index in [9.17, 15) is 4.79 Å². The number of fused-ring (bicyclic) bond motifs is 1. The highest BCUT2D eigenvalue weighted by Crippen LogP contribution is 2.33. The molecule has 1 saturated carbocycles. The van der Waals surface area contributed by atoms with E-state index < -0.39 is 0 Å². The van der Waals surface area contributed by atoms with Crippen LogP contribution >= 0.6 is 0 Å². The van der Waals surface area contributed by atoms with Crippen molar-refractivity contribution in [1.29, 1.82) is 0 Å². The molecule has 1 atom stereocenters. The van der Waals surface area contributed by atoms with Gasteiger partial charge in [-0.05, 0) is 54.9 Å². The van der Waals surface area contributed by atoms with Crippen molar-refractivity contribution >= 4 is 11.6 Å². The second kappa shape index (κ2) is 5.86. The molecule has 3 N–H and O–H groups in total. The number of amides is 1. The minimum atomic E-state index is 0.196. The average molecular weight is 272 g/mol. The van der Waals surface area contributed by atoms with Gasteiger partial charge in [-0.25, -0.2) is 0 Å². The second-order valence-corrected chi connectivity index (χ2v) is 6.33. The van der Waals surface area contributed by atoms with Crippen LogP contribution in [0.15, 0.2) is 18.2 Å². The van der Waals surface area contributed by atoms with Crippen LogP contribution in [-0.2, 0) is 11.2 Å². The molecule has 108 valence electrons. The van der Waals surface area contributed by atoms with Gasteiger partial charge in [0.25, 0.3) is 0 Å². The molecule has 0 saturated heterocycles. The number of hydrogen-bond donors (Lipinski definition) is 2. The van der Waals surface area contributed by atoms with E-state index in [0.29, 0.717) is 12.3 Å². The van der Waals surface area contributed by atoms with E-state index in [1.807, 2.05) is 12.1 Å². The summed E-state index contributed by atoms with van der Waals surface area (Å²) in [6, 6.07) is 6.25. The number of anilines is 1. The number of rotatable bonds is 3. The van der Waals surface area contributed by atoms with Gasteiger partial charge in [0.1, 0.15) is 0 Å². The zero-order valence-corrected chi connectivity index (χ0v) is 12.0.